The van der Waals surface area contributed by atoms with E-state index >= 15 is 0 Å². The molecule has 0 atom stereocenters. The summed E-state index contributed by atoms with van der Waals surface area (Å²) in [5.41, 5.74) is -0.545. The van der Waals surface area contributed by atoms with Crippen molar-refractivity contribution < 1.29 is 18.7 Å². The maximum absolute atomic E-state index is 13.3. The molecule has 1 amide bonds. The lowest BCUT2D eigenvalue weighted by Gasteiger charge is -2.19. The average Bonchev–Trinajstić information content (AvgIpc) is 2.24. The third-order valence-electron chi connectivity index (χ3n) is 1.81. The van der Waals surface area contributed by atoms with Gasteiger partial charge in [0.25, 0.3) is 5.95 Å². The fourth-order valence-electron chi connectivity index (χ4n) is 1.14. The summed E-state index contributed by atoms with van der Waals surface area (Å²) in [4.78, 5) is 14.9. The molecule has 0 aliphatic rings. The van der Waals surface area contributed by atoms with Crippen LogP contribution < -0.4 is 10.1 Å². The number of hydrogen-bond donors (Lipinski definition) is 1. The van der Waals surface area contributed by atoms with Crippen LogP contribution in [0.1, 0.15) is 20.8 Å². The lowest BCUT2D eigenvalue weighted by atomic mass is 10.2. The van der Waals surface area contributed by atoms with Crippen LogP contribution in [0.4, 0.5) is 9.18 Å². The summed E-state index contributed by atoms with van der Waals surface area (Å²) in [5.74, 6) is -0.601. The van der Waals surface area contributed by atoms with Gasteiger partial charge in [-0.15, -0.1) is 0 Å². The molecule has 0 aliphatic carbocycles. The quantitative estimate of drug-likeness (QED) is 0.494. The fraction of sp³-hybridized carbons (Fsp3) is 0.500. The molecule has 0 spiro atoms. The van der Waals surface area contributed by atoms with Crippen LogP contribution in [-0.2, 0) is 4.74 Å². The zero-order chi connectivity index (χ0) is 14.5. The number of nitrogens with zero attached hydrogens (tertiary/aromatic N) is 1. The summed E-state index contributed by atoms with van der Waals surface area (Å²) in [7, 11) is 0. The van der Waals surface area contributed by atoms with Crippen LogP contribution in [0.15, 0.2) is 12.1 Å². The first-order valence-electron chi connectivity index (χ1n) is 5.69. The average molecular weight is 382 g/mol. The number of rotatable bonds is 4. The molecule has 7 heteroatoms. The van der Waals surface area contributed by atoms with Crippen LogP contribution in [-0.4, -0.2) is 29.8 Å². The van der Waals surface area contributed by atoms with E-state index in [1.54, 1.807) is 26.8 Å². The van der Waals surface area contributed by atoms with Gasteiger partial charge in [-0.2, -0.15) is 4.39 Å². The maximum Gasteiger partial charge on any atom is 0.407 e. The van der Waals surface area contributed by atoms with Crippen molar-refractivity contribution in [1.29, 1.82) is 0 Å². The smallest absolute Gasteiger partial charge is 0.407 e. The molecular formula is C12H16FIN2O3. The van der Waals surface area contributed by atoms with Gasteiger partial charge in [-0.3, -0.25) is 0 Å². The molecule has 0 unspecified atom stereocenters. The Kier molecular flexibility index (Phi) is 5.77. The Balaban J connectivity index is 2.29. The van der Waals surface area contributed by atoms with Crippen molar-refractivity contribution in [2.45, 2.75) is 26.4 Å². The molecule has 106 valence electrons. The van der Waals surface area contributed by atoms with Gasteiger partial charge >= 0.3 is 6.09 Å². The second-order valence-electron chi connectivity index (χ2n) is 4.70. The number of carbonyl (C=O) groups is 1. The van der Waals surface area contributed by atoms with Crippen LogP contribution in [0.25, 0.3) is 0 Å². The maximum atomic E-state index is 13.3. The molecule has 5 nitrogen and oxygen atoms in total. The van der Waals surface area contributed by atoms with E-state index in [-0.39, 0.29) is 18.9 Å². The molecular weight excluding hydrogens is 366 g/mol. The summed E-state index contributed by atoms with van der Waals surface area (Å²) in [5, 5.41) is 2.51. The molecule has 0 saturated carbocycles. The SMILES string of the molecule is CC(C)(C)OC(=O)NCCOc1ccc(I)nc1F. The van der Waals surface area contributed by atoms with Gasteiger partial charge < -0.3 is 14.8 Å². The largest absolute Gasteiger partial charge is 0.487 e. The number of nitrogens with one attached hydrogen (secondary N) is 1. The van der Waals surface area contributed by atoms with Crippen molar-refractivity contribution in [3.8, 4) is 5.75 Å². The molecule has 0 saturated heterocycles. The van der Waals surface area contributed by atoms with Crippen molar-refractivity contribution in [2.24, 2.45) is 0 Å². The first kappa shape index (κ1) is 15.9. The third kappa shape index (κ3) is 6.55. The first-order chi connectivity index (χ1) is 8.78. The van der Waals surface area contributed by atoms with Gasteiger partial charge in [0.1, 0.15) is 15.9 Å². The van der Waals surface area contributed by atoms with Crippen molar-refractivity contribution in [1.82, 2.24) is 10.3 Å². The second-order valence-corrected chi connectivity index (χ2v) is 5.81. The number of amides is 1. The predicted octanol–water partition coefficient (Wildman–Crippen LogP) is 2.73. The first-order valence-corrected chi connectivity index (χ1v) is 6.77. The second kappa shape index (κ2) is 6.88. The van der Waals surface area contributed by atoms with E-state index in [1.807, 2.05) is 22.6 Å². The van der Waals surface area contributed by atoms with Crippen molar-refractivity contribution in [2.75, 3.05) is 13.2 Å². The summed E-state index contributed by atoms with van der Waals surface area (Å²) < 4.78 is 24.1. The number of halogens is 2. The molecule has 0 aliphatic heterocycles. The normalized spacial score (nSPS) is 11.0. The molecule has 1 aromatic rings. The Labute approximate surface area is 125 Å². The van der Waals surface area contributed by atoms with Gasteiger partial charge in [0.05, 0.1) is 6.54 Å². The Morgan fingerprint density at radius 2 is 2.16 bits per heavy atom. The highest BCUT2D eigenvalue weighted by molar-refractivity contribution is 14.1. The van der Waals surface area contributed by atoms with E-state index in [4.69, 9.17) is 9.47 Å². The van der Waals surface area contributed by atoms with E-state index in [0.717, 1.165) is 0 Å². The highest BCUT2D eigenvalue weighted by atomic mass is 127. The van der Waals surface area contributed by atoms with Crippen molar-refractivity contribution >= 4 is 28.7 Å². The summed E-state index contributed by atoms with van der Waals surface area (Å²) in [6.07, 6.45) is -0.530. The summed E-state index contributed by atoms with van der Waals surface area (Å²) in [6.45, 7) is 5.68. The Morgan fingerprint density at radius 1 is 1.47 bits per heavy atom. The van der Waals surface area contributed by atoms with Gasteiger partial charge in [-0.05, 0) is 55.5 Å². The molecule has 0 fully saturated rings. The van der Waals surface area contributed by atoms with E-state index in [9.17, 15) is 9.18 Å². The van der Waals surface area contributed by atoms with Crippen LogP contribution in [0.2, 0.25) is 0 Å². The fourth-order valence-corrected chi connectivity index (χ4v) is 1.53. The highest BCUT2D eigenvalue weighted by Crippen LogP contribution is 2.15. The Bertz CT molecular complexity index is 449. The van der Waals surface area contributed by atoms with Gasteiger partial charge in [-0.1, -0.05) is 0 Å². The molecule has 19 heavy (non-hydrogen) atoms. The van der Waals surface area contributed by atoms with Gasteiger partial charge in [-0.25, -0.2) is 9.78 Å². The third-order valence-corrected chi connectivity index (χ3v) is 2.41. The van der Waals surface area contributed by atoms with Gasteiger partial charge in [0, 0.05) is 0 Å². The minimum Gasteiger partial charge on any atom is -0.487 e. The monoisotopic (exact) mass is 382 g/mol. The molecule has 1 aromatic heterocycles. The lowest BCUT2D eigenvalue weighted by Crippen LogP contribution is -2.34. The van der Waals surface area contributed by atoms with E-state index in [2.05, 4.69) is 10.3 Å². The highest BCUT2D eigenvalue weighted by Gasteiger charge is 2.15. The Morgan fingerprint density at radius 3 is 2.74 bits per heavy atom. The molecule has 1 rings (SSSR count). The van der Waals surface area contributed by atoms with E-state index in [0.29, 0.717) is 3.70 Å². The molecule has 1 heterocycles. The number of alkyl carbamates (subject to hydrolysis) is 1. The topological polar surface area (TPSA) is 60.5 Å². The standard InChI is InChI=1S/C12H16FIN2O3/c1-12(2,3)19-11(17)15-6-7-18-8-4-5-9(14)16-10(8)13/h4-5H,6-7H2,1-3H3,(H,15,17). The minimum atomic E-state index is -0.663. The summed E-state index contributed by atoms with van der Waals surface area (Å²) in [6, 6.07) is 3.14. The lowest BCUT2D eigenvalue weighted by molar-refractivity contribution is 0.0520. The Hall–Kier alpha value is -1.12. The zero-order valence-electron chi connectivity index (χ0n) is 11.0. The molecule has 0 radical (unpaired) electrons. The van der Waals surface area contributed by atoms with Crippen LogP contribution in [0.3, 0.4) is 0 Å². The zero-order valence-corrected chi connectivity index (χ0v) is 13.2. The number of carbonyl (C=O) groups excluding carboxylic acids is 1. The van der Waals surface area contributed by atoms with Crippen LogP contribution in [0.5, 0.6) is 5.75 Å². The van der Waals surface area contributed by atoms with Crippen molar-refractivity contribution in [3.05, 3.63) is 21.8 Å². The summed E-state index contributed by atoms with van der Waals surface area (Å²) >= 11 is 1.91. The predicted molar refractivity (Wildman–Crippen MR) is 76.6 cm³/mol. The van der Waals surface area contributed by atoms with Gasteiger partial charge in [0.15, 0.2) is 5.75 Å². The number of ether oxygens (including phenoxy) is 2. The van der Waals surface area contributed by atoms with E-state index in [1.165, 1.54) is 6.07 Å². The molecule has 0 bridgehead atoms. The number of hydrogen-bond acceptors (Lipinski definition) is 4. The number of pyridine rings is 1. The molecule has 1 N–H and O–H groups in total. The van der Waals surface area contributed by atoms with Crippen molar-refractivity contribution in [3.63, 3.8) is 0 Å². The van der Waals surface area contributed by atoms with Crippen LogP contribution in [0, 0.1) is 9.65 Å². The number of aromatic nitrogens is 1. The van der Waals surface area contributed by atoms with Crippen LogP contribution >= 0.6 is 22.6 Å². The molecule has 0 aromatic carbocycles. The van der Waals surface area contributed by atoms with Gasteiger partial charge in [0.2, 0.25) is 0 Å². The van der Waals surface area contributed by atoms with E-state index < -0.39 is 17.6 Å². The minimum absolute atomic E-state index is 0.0615.